The largest absolute Gasteiger partial charge is 0.508 e. The van der Waals surface area contributed by atoms with Gasteiger partial charge in [-0.1, -0.05) is 25.3 Å². The number of phenolic OH excluding ortho intramolecular Hbond substituents is 1. The van der Waals surface area contributed by atoms with Crippen LogP contribution in [0.4, 0.5) is 0 Å². The molecule has 5 rings (SSSR count). The first-order chi connectivity index (χ1) is 18.4. The van der Waals surface area contributed by atoms with Crippen molar-refractivity contribution < 1.29 is 34.8 Å². The third-order valence-electron chi connectivity index (χ3n) is 9.05. The Balaban J connectivity index is 1.60. The van der Waals surface area contributed by atoms with Gasteiger partial charge in [-0.2, -0.15) is 11.8 Å². The molecule has 210 valence electrons. The number of aliphatic hydroxyl groups is 3. The van der Waals surface area contributed by atoms with E-state index in [0.29, 0.717) is 28.6 Å². The zero-order chi connectivity index (χ0) is 28.4. The summed E-state index contributed by atoms with van der Waals surface area (Å²) in [6.07, 6.45) is 6.33. The summed E-state index contributed by atoms with van der Waals surface area (Å²) in [5, 5.41) is 46.0. The first-order valence-corrected chi connectivity index (χ1v) is 14.5. The quantitative estimate of drug-likeness (QED) is 0.343. The van der Waals surface area contributed by atoms with Crippen molar-refractivity contribution >= 4 is 35.0 Å². The molecule has 1 aromatic carbocycles. The predicted octanol–water partition coefficient (Wildman–Crippen LogP) is 2.84. The highest BCUT2D eigenvalue weighted by Gasteiger charge is 2.64. The van der Waals surface area contributed by atoms with Crippen molar-refractivity contribution in [2.24, 2.45) is 17.6 Å². The number of nitrogens with zero attached hydrogens (tertiary/aromatic N) is 1. The van der Waals surface area contributed by atoms with E-state index >= 15 is 0 Å². The number of rotatable bonds is 5. The maximum Gasteiger partial charge on any atom is 0.255 e. The summed E-state index contributed by atoms with van der Waals surface area (Å²) < 4.78 is 0. The number of Topliss-reactive ketones (excluding diaryl/α,β-unsaturated/α-hetero) is 2. The molecule has 0 aromatic heterocycles. The molecule has 0 unspecified atom stereocenters. The second-order valence-corrected chi connectivity index (χ2v) is 12.9. The van der Waals surface area contributed by atoms with Gasteiger partial charge >= 0.3 is 0 Å². The van der Waals surface area contributed by atoms with Gasteiger partial charge < -0.3 is 26.2 Å². The minimum absolute atomic E-state index is 0.0885. The normalized spacial score (nSPS) is 29.4. The number of fused-ring (bicyclic) bond motifs is 3. The third-order valence-corrected chi connectivity index (χ3v) is 10.5. The van der Waals surface area contributed by atoms with Gasteiger partial charge in [0.15, 0.2) is 11.4 Å². The summed E-state index contributed by atoms with van der Waals surface area (Å²) in [6.45, 7) is 1.91. The Morgan fingerprint density at radius 1 is 1.15 bits per heavy atom. The second kappa shape index (κ2) is 9.98. The van der Waals surface area contributed by atoms with Crippen molar-refractivity contribution in [3.05, 3.63) is 45.2 Å². The van der Waals surface area contributed by atoms with E-state index in [9.17, 15) is 34.8 Å². The molecule has 0 spiro atoms. The maximum absolute atomic E-state index is 14.0. The van der Waals surface area contributed by atoms with Crippen molar-refractivity contribution in [1.82, 2.24) is 4.90 Å². The molecule has 0 aliphatic heterocycles. The van der Waals surface area contributed by atoms with Crippen LogP contribution in [0.5, 0.6) is 5.75 Å². The summed E-state index contributed by atoms with van der Waals surface area (Å²) >= 11 is 1.78. The minimum atomic E-state index is -2.62. The molecule has 1 aromatic rings. The minimum Gasteiger partial charge on any atom is -0.508 e. The summed E-state index contributed by atoms with van der Waals surface area (Å²) in [4.78, 5) is 40.8. The number of nitrogens with two attached hydrogens (primary N) is 1. The molecule has 0 radical (unpaired) electrons. The number of phenols is 1. The zero-order valence-electron chi connectivity index (χ0n) is 22.5. The van der Waals surface area contributed by atoms with E-state index in [2.05, 4.69) is 0 Å². The molecule has 0 bridgehead atoms. The number of thioether (sulfide) groups is 1. The molecule has 1 amide bonds. The summed E-state index contributed by atoms with van der Waals surface area (Å²) in [7, 11) is 3.17. The lowest BCUT2D eigenvalue weighted by atomic mass is 9.57. The molecule has 4 aliphatic carbocycles. The molecule has 6 N–H and O–H groups in total. The summed E-state index contributed by atoms with van der Waals surface area (Å²) in [5.41, 5.74) is 4.26. The van der Waals surface area contributed by atoms with Gasteiger partial charge in [0.25, 0.3) is 5.91 Å². The van der Waals surface area contributed by atoms with Crippen LogP contribution in [0.2, 0.25) is 0 Å². The summed E-state index contributed by atoms with van der Waals surface area (Å²) in [5.74, 6) is -5.65. The lowest BCUT2D eigenvalue weighted by Crippen LogP contribution is -2.65. The number of hydrogen-bond donors (Lipinski definition) is 5. The molecule has 2 fully saturated rings. The number of primary amides is 1. The number of hydrogen-bond acceptors (Lipinski definition) is 9. The molecule has 10 heteroatoms. The van der Waals surface area contributed by atoms with E-state index in [1.165, 1.54) is 24.2 Å². The fourth-order valence-corrected chi connectivity index (χ4v) is 8.42. The van der Waals surface area contributed by atoms with Crippen molar-refractivity contribution in [3.63, 3.8) is 0 Å². The summed E-state index contributed by atoms with van der Waals surface area (Å²) in [6, 6.07) is 0.847. The molecule has 2 saturated carbocycles. The molecular weight excluding hydrogens is 520 g/mol. The molecule has 9 nitrogen and oxygen atoms in total. The van der Waals surface area contributed by atoms with Crippen LogP contribution < -0.4 is 5.73 Å². The zero-order valence-corrected chi connectivity index (χ0v) is 23.3. The van der Waals surface area contributed by atoms with E-state index in [0.717, 1.165) is 18.4 Å². The number of aryl methyl sites for hydroxylation is 1. The van der Waals surface area contributed by atoms with Crippen LogP contribution in [-0.4, -0.2) is 73.8 Å². The number of aromatic hydroxyl groups is 1. The van der Waals surface area contributed by atoms with Gasteiger partial charge in [0.2, 0.25) is 5.78 Å². The molecule has 4 atom stereocenters. The number of benzene rings is 1. The van der Waals surface area contributed by atoms with Crippen LogP contribution in [0.15, 0.2) is 23.0 Å². The average Bonchev–Trinajstić information content (AvgIpc) is 2.87. The van der Waals surface area contributed by atoms with Crippen molar-refractivity contribution in [3.8, 4) is 5.75 Å². The number of ketones is 2. The van der Waals surface area contributed by atoms with Crippen LogP contribution >= 0.6 is 11.8 Å². The molecule has 0 heterocycles. The Kier molecular flexibility index (Phi) is 7.10. The van der Waals surface area contributed by atoms with Gasteiger partial charge in [0.1, 0.15) is 22.8 Å². The van der Waals surface area contributed by atoms with E-state index in [4.69, 9.17) is 5.73 Å². The third kappa shape index (κ3) is 4.19. The molecule has 4 aliphatic rings. The molecule has 39 heavy (non-hydrogen) atoms. The van der Waals surface area contributed by atoms with Crippen molar-refractivity contribution in [2.75, 3.05) is 14.1 Å². The SMILES string of the molecule is Cc1cc(CSC2CCCCC2)c(O)c2c1C[C@H]1C[C@H]3[C@H](N(C)C)C(=O)C(C(N)=O)=C(O)[C@@]3(O)C(=O)C1=C2O. The number of amides is 1. The monoisotopic (exact) mass is 556 g/mol. The highest BCUT2D eigenvalue weighted by atomic mass is 32.2. The fraction of sp³-hybridized carbons (Fsp3) is 0.552. The average molecular weight is 557 g/mol. The van der Waals surface area contributed by atoms with E-state index in [1.807, 2.05) is 13.0 Å². The smallest absolute Gasteiger partial charge is 0.255 e. The number of likely N-dealkylation sites (N-methyl/N-ethyl adjacent to an activating group) is 1. The van der Waals surface area contributed by atoms with Crippen molar-refractivity contribution in [1.29, 1.82) is 0 Å². The first kappa shape index (κ1) is 27.7. The Bertz CT molecular complexity index is 1330. The van der Waals surface area contributed by atoms with E-state index in [-0.39, 0.29) is 23.3 Å². The van der Waals surface area contributed by atoms with Crippen LogP contribution in [0.3, 0.4) is 0 Å². The topological polar surface area (TPSA) is 161 Å². The van der Waals surface area contributed by atoms with E-state index < -0.39 is 58.0 Å². The standard InChI is InChI=1S/C29H36N2O7S/c1-13-9-15(12-39-16-7-5-4-6-8-16)23(32)20-17(13)10-14-11-18-22(31(2)3)25(34)21(28(30)37)27(36)29(18,38)26(35)19(14)24(20)33/h9,14,16,18,22,32-33,36,38H,4-8,10-12H2,1-3H3,(H2,30,37)/t14-,18-,22-,29-/m0/s1. The second-order valence-electron chi connectivity index (χ2n) is 11.6. The van der Waals surface area contributed by atoms with Crippen LogP contribution in [0.25, 0.3) is 5.76 Å². The highest BCUT2D eigenvalue weighted by molar-refractivity contribution is 7.99. The Morgan fingerprint density at radius 2 is 1.82 bits per heavy atom. The first-order valence-electron chi connectivity index (χ1n) is 13.5. The van der Waals surface area contributed by atoms with Gasteiger partial charge in [-0.15, -0.1) is 0 Å². The number of carbonyl (C=O) groups excluding carboxylic acids is 3. The van der Waals surface area contributed by atoms with Crippen molar-refractivity contribution in [2.45, 2.75) is 74.5 Å². The van der Waals surface area contributed by atoms with Crippen LogP contribution in [0.1, 0.15) is 60.8 Å². The Morgan fingerprint density at radius 3 is 2.44 bits per heavy atom. The molecule has 0 saturated heterocycles. The molecular formula is C29H36N2O7S. The van der Waals surface area contributed by atoms with Gasteiger partial charge in [0.05, 0.1) is 11.6 Å². The van der Waals surface area contributed by atoms with Crippen LogP contribution in [-0.2, 0) is 26.6 Å². The maximum atomic E-state index is 14.0. The van der Waals surface area contributed by atoms with Crippen LogP contribution in [0, 0.1) is 18.8 Å². The lowest BCUT2D eigenvalue weighted by Gasteiger charge is -2.50. The Hall–Kier alpha value is -2.82. The van der Waals surface area contributed by atoms with Gasteiger partial charge in [0, 0.05) is 28.1 Å². The number of aliphatic hydroxyl groups excluding tert-OH is 2. The van der Waals surface area contributed by atoms with Gasteiger partial charge in [-0.3, -0.25) is 19.3 Å². The van der Waals surface area contributed by atoms with E-state index in [1.54, 1.807) is 25.9 Å². The fourth-order valence-electron chi connectivity index (χ4n) is 7.12. The predicted molar refractivity (Wildman–Crippen MR) is 147 cm³/mol. The lowest BCUT2D eigenvalue weighted by molar-refractivity contribution is -0.153. The number of carbonyl (C=O) groups is 3. The van der Waals surface area contributed by atoms with Gasteiger partial charge in [-0.05, 0) is 63.7 Å². The Labute approximate surface area is 231 Å². The highest BCUT2D eigenvalue weighted by Crippen LogP contribution is 2.53. The van der Waals surface area contributed by atoms with Gasteiger partial charge in [-0.25, -0.2) is 0 Å².